The maximum absolute atomic E-state index is 12.7. The van der Waals surface area contributed by atoms with Crippen LogP contribution in [0.5, 0.6) is 0 Å². The highest BCUT2D eigenvalue weighted by Gasteiger charge is 2.21. The van der Waals surface area contributed by atoms with Crippen molar-refractivity contribution in [3.05, 3.63) is 40.9 Å². The molecule has 4 rings (SSSR count). The van der Waals surface area contributed by atoms with Crippen molar-refractivity contribution >= 4 is 17.2 Å². The number of β-amino-alcohol motifs (C(OH)–C–C–N with tert-alkyl or cyclic N) is 1. The van der Waals surface area contributed by atoms with Gasteiger partial charge in [-0.05, 0) is 18.7 Å². The lowest BCUT2D eigenvalue weighted by Crippen LogP contribution is -2.49. The second-order valence-electron chi connectivity index (χ2n) is 8.55. The third-order valence-corrected chi connectivity index (χ3v) is 7.14. The summed E-state index contributed by atoms with van der Waals surface area (Å²) in [4.78, 5) is 26.5. The van der Waals surface area contributed by atoms with Gasteiger partial charge in [-0.3, -0.25) is 14.6 Å². The van der Waals surface area contributed by atoms with Gasteiger partial charge in [0.1, 0.15) is 5.01 Å². The van der Waals surface area contributed by atoms with Crippen LogP contribution in [-0.2, 0) is 17.8 Å². The van der Waals surface area contributed by atoms with Gasteiger partial charge in [-0.25, -0.2) is 4.98 Å². The van der Waals surface area contributed by atoms with Gasteiger partial charge in [0.2, 0.25) is 5.91 Å². The van der Waals surface area contributed by atoms with E-state index in [1.807, 2.05) is 10.3 Å². The summed E-state index contributed by atoms with van der Waals surface area (Å²) in [6.45, 7) is 9.41. The van der Waals surface area contributed by atoms with Crippen molar-refractivity contribution < 1.29 is 9.90 Å². The van der Waals surface area contributed by atoms with E-state index in [4.69, 9.17) is 10.1 Å². The number of aromatic nitrogens is 1. The van der Waals surface area contributed by atoms with Crippen molar-refractivity contribution in [1.82, 2.24) is 24.6 Å². The van der Waals surface area contributed by atoms with Crippen LogP contribution in [-0.4, -0.2) is 108 Å². The Labute approximate surface area is 188 Å². The molecule has 0 aliphatic carbocycles. The van der Waals surface area contributed by atoms with Crippen molar-refractivity contribution in [3.8, 4) is 10.6 Å². The number of aliphatic hydroxyl groups excluding tert-OH is 1. The first-order valence-corrected chi connectivity index (χ1v) is 12.0. The average Bonchev–Trinajstić information content (AvgIpc) is 3.25. The third-order valence-electron chi connectivity index (χ3n) is 6.20. The van der Waals surface area contributed by atoms with Gasteiger partial charge >= 0.3 is 0 Å². The SMILES string of the molecule is CN1CCN(Cc2cccc(-c3nc(CC(=O)N4CCN(CCO)CC4)cs3)c2)CC1. The Balaban J connectivity index is 1.33. The van der Waals surface area contributed by atoms with E-state index in [-0.39, 0.29) is 12.5 Å². The molecule has 3 heterocycles. The summed E-state index contributed by atoms with van der Waals surface area (Å²) in [5.41, 5.74) is 3.30. The molecular weight excluding hydrogens is 410 g/mol. The molecule has 2 fully saturated rings. The van der Waals surface area contributed by atoms with Crippen LogP contribution >= 0.6 is 11.3 Å². The zero-order valence-electron chi connectivity index (χ0n) is 18.4. The fraction of sp³-hybridized carbons (Fsp3) is 0.565. The first kappa shape index (κ1) is 22.4. The van der Waals surface area contributed by atoms with E-state index < -0.39 is 0 Å². The quantitative estimate of drug-likeness (QED) is 0.695. The van der Waals surface area contributed by atoms with Gasteiger partial charge < -0.3 is 14.9 Å². The minimum Gasteiger partial charge on any atom is -0.395 e. The Morgan fingerprint density at radius 3 is 2.55 bits per heavy atom. The number of hydrogen-bond donors (Lipinski definition) is 1. The van der Waals surface area contributed by atoms with Gasteiger partial charge in [-0.2, -0.15) is 0 Å². The topological polar surface area (TPSA) is 63.2 Å². The number of likely N-dealkylation sites (N-methyl/N-ethyl adjacent to an activating group) is 1. The number of thiazole rings is 1. The zero-order chi connectivity index (χ0) is 21.6. The third kappa shape index (κ3) is 6.11. The van der Waals surface area contributed by atoms with E-state index in [0.717, 1.165) is 75.2 Å². The monoisotopic (exact) mass is 443 g/mol. The van der Waals surface area contributed by atoms with Crippen LogP contribution in [0.3, 0.4) is 0 Å². The van der Waals surface area contributed by atoms with Crippen molar-refractivity contribution in [2.45, 2.75) is 13.0 Å². The molecule has 0 unspecified atom stereocenters. The highest BCUT2D eigenvalue weighted by atomic mass is 32.1. The molecule has 168 valence electrons. The molecule has 8 heteroatoms. The van der Waals surface area contributed by atoms with Crippen LogP contribution in [0.2, 0.25) is 0 Å². The molecule has 1 amide bonds. The maximum Gasteiger partial charge on any atom is 0.228 e. The summed E-state index contributed by atoms with van der Waals surface area (Å²) in [5.74, 6) is 0.143. The number of aliphatic hydroxyl groups is 1. The Morgan fingerprint density at radius 1 is 1.06 bits per heavy atom. The summed E-state index contributed by atoms with van der Waals surface area (Å²) in [5, 5.41) is 12.1. The van der Waals surface area contributed by atoms with Crippen LogP contribution in [0.15, 0.2) is 29.6 Å². The lowest BCUT2D eigenvalue weighted by molar-refractivity contribution is -0.132. The summed E-state index contributed by atoms with van der Waals surface area (Å²) in [6.07, 6.45) is 0.359. The molecule has 0 saturated carbocycles. The van der Waals surface area contributed by atoms with E-state index >= 15 is 0 Å². The highest BCUT2D eigenvalue weighted by molar-refractivity contribution is 7.13. The molecule has 2 aromatic rings. The molecule has 2 aliphatic heterocycles. The van der Waals surface area contributed by atoms with Crippen LogP contribution in [0.25, 0.3) is 10.6 Å². The second-order valence-corrected chi connectivity index (χ2v) is 9.40. The van der Waals surface area contributed by atoms with Crippen LogP contribution in [0, 0.1) is 0 Å². The summed E-state index contributed by atoms with van der Waals surface area (Å²) < 4.78 is 0. The van der Waals surface area contributed by atoms with Crippen LogP contribution in [0.4, 0.5) is 0 Å². The predicted octanol–water partition coefficient (Wildman–Crippen LogP) is 1.24. The summed E-state index contributed by atoms with van der Waals surface area (Å²) in [7, 11) is 2.18. The smallest absolute Gasteiger partial charge is 0.228 e. The molecule has 0 radical (unpaired) electrons. The van der Waals surface area contributed by atoms with Gasteiger partial charge in [-0.15, -0.1) is 11.3 Å². The van der Waals surface area contributed by atoms with E-state index in [0.29, 0.717) is 13.0 Å². The van der Waals surface area contributed by atoms with E-state index in [9.17, 15) is 4.79 Å². The number of amides is 1. The summed E-state index contributed by atoms with van der Waals surface area (Å²) in [6, 6.07) is 8.65. The zero-order valence-corrected chi connectivity index (χ0v) is 19.2. The fourth-order valence-electron chi connectivity index (χ4n) is 4.22. The lowest BCUT2D eigenvalue weighted by Gasteiger charge is -2.34. The Hall–Kier alpha value is -1.84. The van der Waals surface area contributed by atoms with Crippen LogP contribution < -0.4 is 0 Å². The van der Waals surface area contributed by atoms with Crippen molar-refractivity contribution in [2.75, 3.05) is 72.6 Å². The van der Waals surface area contributed by atoms with Gasteiger partial charge in [-0.1, -0.05) is 18.2 Å². The molecule has 0 spiro atoms. The molecule has 0 atom stereocenters. The van der Waals surface area contributed by atoms with Gasteiger partial charge in [0, 0.05) is 76.4 Å². The van der Waals surface area contributed by atoms with E-state index in [2.05, 4.69) is 46.0 Å². The van der Waals surface area contributed by atoms with E-state index in [1.54, 1.807) is 11.3 Å². The molecule has 7 nitrogen and oxygen atoms in total. The molecule has 2 saturated heterocycles. The van der Waals surface area contributed by atoms with Crippen molar-refractivity contribution in [3.63, 3.8) is 0 Å². The second kappa shape index (κ2) is 10.7. The molecule has 0 bridgehead atoms. The number of carbonyl (C=O) groups excluding carboxylic acids is 1. The molecule has 2 aliphatic rings. The molecule has 1 aromatic heterocycles. The molecule has 1 aromatic carbocycles. The molecular formula is C23H33N5O2S. The Morgan fingerprint density at radius 2 is 1.81 bits per heavy atom. The largest absolute Gasteiger partial charge is 0.395 e. The predicted molar refractivity (Wildman–Crippen MR) is 124 cm³/mol. The first-order chi connectivity index (χ1) is 15.1. The first-order valence-electron chi connectivity index (χ1n) is 11.2. The fourth-order valence-corrected chi connectivity index (χ4v) is 5.03. The number of piperazine rings is 2. The molecule has 31 heavy (non-hydrogen) atoms. The van der Waals surface area contributed by atoms with E-state index in [1.165, 1.54) is 5.56 Å². The number of benzene rings is 1. The minimum absolute atomic E-state index is 0.143. The highest BCUT2D eigenvalue weighted by Crippen LogP contribution is 2.25. The van der Waals surface area contributed by atoms with Crippen LogP contribution in [0.1, 0.15) is 11.3 Å². The number of rotatable bonds is 7. The standard InChI is InChI=1S/C23H33N5O2S/c1-25-5-7-27(8-6-25)17-19-3-2-4-20(15-19)23-24-21(18-31-23)16-22(30)28-11-9-26(10-12-28)13-14-29/h2-4,15,18,29H,5-14,16-17H2,1H3. The molecule has 1 N–H and O–H groups in total. The number of carbonyl (C=O) groups is 1. The Bertz CT molecular complexity index is 857. The lowest BCUT2D eigenvalue weighted by atomic mass is 10.1. The van der Waals surface area contributed by atoms with Gasteiger partial charge in [0.15, 0.2) is 0 Å². The van der Waals surface area contributed by atoms with Crippen molar-refractivity contribution in [1.29, 1.82) is 0 Å². The number of hydrogen-bond acceptors (Lipinski definition) is 7. The summed E-state index contributed by atoms with van der Waals surface area (Å²) >= 11 is 1.62. The normalized spacial score (nSPS) is 19.1. The Kier molecular flexibility index (Phi) is 7.68. The minimum atomic E-state index is 0.143. The van der Waals surface area contributed by atoms with Gasteiger partial charge in [0.25, 0.3) is 0 Å². The van der Waals surface area contributed by atoms with Gasteiger partial charge in [0.05, 0.1) is 18.7 Å². The number of nitrogens with zero attached hydrogens (tertiary/aromatic N) is 5. The average molecular weight is 444 g/mol. The van der Waals surface area contributed by atoms with Crippen molar-refractivity contribution in [2.24, 2.45) is 0 Å². The maximum atomic E-state index is 12.7.